The molecule has 0 atom stereocenters. The second-order valence-electron chi connectivity index (χ2n) is 6.51. The van der Waals surface area contributed by atoms with Gasteiger partial charge >= 0.3 is 5.97 Å². The van der Waals surface area contributed by atoms with E-state index in [2.05, 4.69) is 5.32 Å². The Balaban J connectivity index is 1.36. The highest BCUT2D eigenvalue weighted by Gasteiger charge is 2.25. The quantitative estimate of drug-likeness (QED) is 0.655. The highest BCUT2D eigenvalue weighted by Crippen LogP contribution is 2.27. The van der Waals surface area contributed by atoms with E-state index in [4.69, 9.17) is 4.74 Å². The molecule has 4 rings (SSSR count). The molecule has 0 fully saturated rings. The molecule has 1 aliphatic rings. The number of fused-ring (bicyclic) bond motifs is 1. The minimum absolute atomic E-state index is 0.242. The smallest absolute Gasteiger partial charge is 0.338 e. The first-order valence-corrected chi connectivity index (χ1v) is 10.00. The third kappa shape index (κ3) is 4.20. The molecule has 2 heterocycles. The zero-order valence-electron chi connectivity index (χ0n) is 15.5. The van der Waals surface area contributed by atoms with Gasteiger partial charge in [0.2, 0.25) is 0 Å². The van der Waals surface area contributed by atoms with Crippen LogP contribution in [0.5, 0.6) is 0 Å². The topological polar surface area (TPSA) is 75.7 Å². The molecule has 146 valence electrons. The maximum absolute atomic E-state index is 12.5. The number of carbonyl (C=O) groups excluding carboxylic acids is 3. The van der Waals surface area contributed by atoms with Gasteiger partial charge in [-0.2, -0.15) is 0 Å². The van der Waals surface area contributed by atoms with Crippen molar-refractivity contribution in [3.63, 3.8) is 0 Å². The number of amides is 2. The Morgan fingerprint density at radius 3 is 2.72 bits per heavy atom. The number of para-hydroxylation sites is 1. The van der Waals surface area contributed by atoms with E-state index in [1.165, 1.54) is 17.4 Å². The Bertz CT molecular complexity index is 1060. The molecule has 1 aromatic heterocycles. The van der Waals surface area contributed by atoms with Crippen molar-refractivity contribution in [1.29, 1.82) is 0 Å². The average molecular weight is 406 g/mol. The summed E-state index contributed by atoms with van der Waals surface area (Å²) in [7, 11) is 0. The summed E-state index contributed by atoms with van der Waals surface area (Å²) in [5.41, 5.74) is 2.73. The van der Waals surface area contributed by atoms with Gasteiger partial charge in [0.25, 0.3) is 11.8 Å². The Morgan fingerprint density at radius 2 is 1.90 bits per heavy atom. The lowest BCUT2D eigenvalue weighted by molar-refractivity contribution is -0.121. The molecule has 29 heavy (non-hydrogen) atoms. The van der Waals surface area contributed by atoms with Crippen molar-refractivity contribution in [3.05, 3.63) is 82.0 Å². The van der Waals surface area contributed by atoms with Gasteiger partial charge in [0.05, 0.1) is 10.4 Å². The molecular weight excluding hydrogens is 388 g/mol. The summed E-state index contributed by atoms with van der Waals surface area (Å²) in [6, 6.07) is 17.7. The number of nitrogens with one attached hydrogen (secondary N) is 1. The van der Waals surface area contributed by atoms with Crippen molar-refractivity contribution < 1.29 is 19.1 Å². The van der Waals surface area contributed by atoms with Crippen LogP contribution in [-0.4, -0.2) is 30.9 Å². The third-order valence-electron chi connectivity index (χ3n) is 4.62. The SMILES string of the molecule is O=C(OCC(=O)N1CCc2ccccc21)c1cccc(NC(=O)c2cccs2)c1. The fraction of sp³-hybridized carbons (Fsp3) is 0.136. The summed E-state index contributed by atoms with van der Waals surface area (Å²) in [5.74, 6) is -1.11. The molecule has 6 nitrogen and oxygen atoms in total. The molecule has 2 amide bonds. The van der Waals surface area contributed by atoms with E-state index < -0.39 is 5.97 Å². The van der Waals surface area contributed by atoms with Gasteiger partial charge in [0, 0.05) is 17.9 Å². The first kappa shape index (κ1) is 18.9. The number of benzene rings is 2. The highest BCUT2D eigenvalue weighted by molar-refractivity contribution is 7.12. The van der Waals surface area contributed by atoms with Crippen molar-refractivity contribution in [2.24, 2.45) is 0 Å². The standard InChI is InChI=1S/C22H18N2O4S/c25-20(24-11-10-15-5-1-2-8-18(15)24)14-28-22(27)16-6-3-7-17(13-16)23-21(26)19-9-4-12-29-19/h1-9,12-13H,10-11,14H2,(H,23,26). The Hall–Kier alpha value is -3.45. The molecule has 0 saturated carbocycles. The van der Waals surface area contributed by atoms with Gasteiger partial charge in [-0.05, 0) is 47.7 Å². The monoisotopic (exact) mass is 406 g/mol. The molecule has 0 saturated heterocycles. The summed E-state index contributed by atoms with van der Waals surface area (Å²) >= 11 is 1.33. The molecule has 0 aliphatic carbocycles. The maximum Gasteiger partial charge on any atom is 0.338 e. The molecule has 2 aromatic carbocycles. The van der Waals surface area contributed by atoms with Gasteiger partial charge in [0.1, 0.15) is 0 Å². The van der Waals surface area contributed by atoms with Crippen LogP contribution in [0.2, 0.25) is 0 Å². The van der Waals surface area contributed by atoms with E-state index >= 15 is 0 Å². The summed E-state index contributed by atoms with van der Waals surface area (Å²) in [4.78, 5) is 39.2. The van der Waals surface area contributed by atoms with Crippen LogP contribution in [0.15, 0.2) is 66.0 Å². The molecular formula is C22H18N2O4S. The van der Waals surface area contributed by atoms with E-state index in [1.807, 2.05) is 29.6 Å². The summed E-state index contributed by atoms with van der Waals surface area (Å²) in [5, 5.41) is 4.57. The maximum atomic E-state index is 12.5. The number of ether oxygens (including phenoxy) is 1. The highest BCUT2D eigenvalue weighted by atomic mass is 32.1. The van der Waals surface area contributed by atoms with Crippen molar-refractivity contribution in [1.82, 2.24) is 0 Å². The molecule has 3 aromatic rings. The number of hydrogen-bond acceptors (Lipinski definition) is 5. The first-order valence-electron chi connectivity index (χ1n) is 9.12. The van der Waals surface area contributed by atoms with E-state index in [0.717, 1.165) is 17.7 Å². The van der Waals surface area contributed by atoms with Gasteiger partial charge in [-0.1, -0.05) is 30.3 Å². The number of thiophene rings is 1. The van der Waals surface area contributed by atoms with Crippen molar-refractivity contribution in [2.45, 2.75) is 6.42 Å². The Labute approximate surface area is 171 Å². The van der Waals surface area contributed by atoms with Crippen LogP contribution in [0.3, 0.4) is 0 Å². The number of hydrogen-bond donors (Lipinski definition) is 1. The van der Waals surface area contributed by atoms with Crippen LogP contribution in [0.25, 0.3) is 0 Å². The number of carbonyl (C=O) groups is 3. The van der Waals surface area contributed by atoms with Crippen molar-refractivity contribution >= 4 is 40.5 Å². The number of nitrogens with zero attached hydrogens (tertiary/aromatic N) is 1. The molecule has 0 bridgehead atoms. The molecule has 1 aliphatic heterocycles. The van der Waals surface area contributed by atoms with Gasteiger partial charge in [-0.15, -0.1) is 11.3 Å². The lowest BCUT2D eigenvalue weighted by atomic mass is 10.2. The third-order valence-corrected chi connectivity index (χ3v) is 5.48. The number of rotatable bonds is 5. The summed E-state index contributed by atoms with van der Waals surface area (Å²) < 4.78 is 5.21. The summed E-state index contributed by atoms with van der Waals surface area (Å²) in [6.07, 6.45) is 0.793. The van der Waals surface area contributed by atoms with Gasteiger partial charge in [0.15, 0.2) is 6.61 Å². The number of anilines is 2. The Morgan fingerprint density at radius 1 is 1.03 bits per heavy atom. The normalized spacial score (nSPS) is 12.3. The minimum atomic E-state index is -0.613. The second-order valence-corrected chi connectivity index (χ2v) is 7.46. The zero-order chi connectivity index (χ0) is 20.2. The van der Waals surface area contributed by atoms with Gasteiger partial charge < -0.3 is 15.0 Å². The lowest BCUT2D eigenvalue weighted by Gasteiger charge is -2.17. The first-order chi connectivity index (χ1) is 14.1. The summed E-state index contributed by atoms with van der Waals surface area (Å²) in [6.45, 7) is 0.249. The minimum Gasteiger partial charge on any atom is -0.452 e. The van der Waals surface area contributed by atoms with E-state index in [-0.39, 0.29) is 24.0 Å². The fourth-order valence-electron chi connectivity index (χ4n) is 3.21. The molecule has 0 radical (unpaired) electrons. The lowest BCUT2D eigenvalue weighted by Crippen LogP contribution is -2.33. The van der Waals surface area contributed by atoms with E-state index in [1.54, 1.807) is 35.2 Å². The second kappa shape index (κ2) is 8.28. The molecule has 0 spiro atoms. The van der Waals surface area contributed by atoms with Crippen molar-refractivity contribution in [2.75, 3.05) is 23.4 Å². The molecule has 0 unspecified atom stereocenters. The predicted molar refractivity (Wildman–Crippen MR) is 111 cm³/mol. The number of esters is 1. The van der Waals surface area contributed by atoms with Crippen LogP contribution in [-0.2, 0) is 16.0 Å². The fourth-order valence-corrected chi connectivity index (χ4v) is 3.83. The molecule has 1 N–H and O–H groups in total. The van der Waals surface area contributed by atoms with Crippen LogP contribution in [0.1, 0.15) is 25.6 Å². The van der Waals surface area contributed by atoms with Crippen LogP contribution >= 0.6 is 11.3 Å². The zero-order valence-corrected chi connectivity index (χ0v) is 16.3. The van der Waals surface area contributed by atoms with Crippen LogP contribution in [0, 0.1) is 0 Å². The largest absolute Gasteiger partial charge is 0.452 e. The van der Waals surface area contributed by atoms with Gasteiger partial charge in [-0.3, -0.25) is 9.59 Å². The van der Waals surface area contributed by atoms with Crippen LogP contribution < -0.4 is 10.2 Å². The van der Waals surface area contributed by atoms with E-state index in [9.17, 15) is 14.4 Å². The average Bonchev–Trinajstić information content (AvgIpc) is 3.42. The Kier molecular flexibility index (Phi) is 5.39. The van der Waals surface area contributed by atoms with Crippen molar-refractivity contribution in [3.8, 4) is 0 Å². The van der Waals surface area contributed by atoms with Crippen LogP contribution in [0.4, 0.5) is 11.4 Å². The predicted octanol–water partition coefficient (Wildman–Crippen LogP) is 3.75. The van der Waals surface area contributed by atoms with Gasteiger partial charge in [-0.25, -0.2) is 4.79 Å². The van der Waals surface area contributed by atoms with E-state index in [0.29, 0.717) is 17.1 Å². The molecule has 7 heteroatoms.